The summed E-state index contributed by atoms with van der Waals surface area (Å²) in [5, 5.41) is 0. The molecule has 2 aliphatic rings. The van der Waals surface area contributed by atoms with Crippen LogP contribution < -0.4 is 9.47 Å². The molecule has 5 nitrogen and oxygen atoms in total. The van der Waals surface area contributed by atoms with E-state index in [0.717, 1.165) is 25.3 Å². The highest BCUT2D eigenvalue weighted by atomic mass is 16.5. The molecule has 0 saturated carbocycles. The topological polar surface area (TPSA) is 48.0 Å². The minimum atomic E-state index is -0.552. The number of morpholine rings is 1. The summed E-state index contributed by atoms with van der Waals surface area (Å²) in [6.07, 6.45) is 0.858. The van der Waals surface area contributed by atoms with Gasteiger partial charge in [0, 0.05) is 25.1 Å². The molecule has 0 aromatic heterocycles. The van der Waals surface area contributed by atoms with Crippen LogP contribution in [0.25, 0.3) is 0 Å². The maximum Gasteiger partial charge on any atom is 0.182 e. The van der Waals surface area contributed by atoms with Crippen molar-refractivity contribution in [1.29, 1.82) is 0 Å². The number of hydrogen-bond donors (Lipinski definition) is 0. The van der Waals surface area contributed by atoms with Crippen molar-refractivity contribution in [3.8, 4) is 11.5 Å². The molecule has 0 amide bonds. The molecule has 22 heavy (non-hydrogen) atoms. The zero-order chi connectivity index (χ0) is 15.6. The van der Waals surface area contributed by atoms with Crippen LogP contribution in [0.4, 0.5) is 0 Å². The van der Waals surface area contributed by atoms with Gasteiger partial charge >= 0.3 is 0 Å². The first-order chi connectivity index (χ1) is 10.6. The molecule has 0 unspecified atom stereocenters. The van der Waals surface area contributed by atoms with Crippen molar-refractivity contribution in [2.75, 3.05) is 39.5 Å². The fraction of sp³-hybridized carbons (Fsp3) is 0.588. The molecular weight excluding hydrogens is 282 g/mol. The summed E-state index contributed by atoms with van der Waals surface area (Å²) in [5.41, 5.74) is 0.115. The summed E-state index contributed by atoms with van der Waals surface area (Å²) in [5.74, 6) is 1.49. The Bertz CT molecular complexity index is 550. The molecule has 2 heterocycles. The van der Waals surface area contributed by atoms with Gasteiger partial charge in [-0.25, -0.2) is 0 Å². The summed E-state index contributed by atoms with van der Waals surface area (Å²) >= 11 is 0. The Morgan fingerprint density at radius 3 is 2.45 bits per heavy atom. The monoisotopic (exact) mass is 305 g/mol. The van der Waals surface area contributed by atoms with Gasteiger partial charge in [-0.15, -0.1) is 0 Å². The number of fused-ring (bicyclic) bond motifs is 1. The van der Waals surface area contributed by atoms with E-state index in [2.05, 4.69) is 4.90 Å². The van der Waals surface area contributed by atoms with Crippen molar-refractivity contribution in [2.24, 2.45) is 0 Å². The van der Waals surface area contributed by atoms with E-state index < -0.39 is 5.54 Å². The molecule has 1 aromatic carbocycles. The van der Waals surface area contributed by atoms with Crippen LogP contribution in [-0.4, -0.2) is 55.7 Å². The molecule has 0 aliphatic carbocycles. The molecule has 0 spiro atoms. The Hall–Kier alpha value is -1.59. The third-order valence-corrected chi connectivity index (χ3v) is 4.37. The molecule has 0 bridgehead atoms. The normalized spacial score (nSPS) is 19.5. The van der Waals surface area contributed by atoms with Crippen LogP contribution in [-0.2, 0) is 4.74 Å². The van der Waals surface area contributed by atoms with Crippen molar-refractivity contribution < 1.29 is 19.0 Å². The number of benzene rings is 1. The Labute approximate surface area is 131 Å². The van der Waals surface area contributed by atoms with Gasteiger partial charge in [0.05, 0.1) is 32.0 Å². The predicted molar refractivity (Wildman–Crippen MR) is 82.9 cm³/mol. The predicted octanol–water partition coefficient (Wildman–Crippen LogP) is 2.14. The molecule has 1 saturated heterocycles. The van der Waals surface area contributed by atoms with Gasteiger partial charge in [-0.1, -0.05) is 0 Å². The second-order valence-corrected chi connectivity index (χ2v) is 6.20. The van der Waals surface area contributed by atoms with Crippen LogP contribution in [0.1, 0.15) is 30.6 Å². The molecule has 0 atom stereocenters. The minimum absolute atomic E-state index is 0.102. The number of ether oxygens (including phenoxy) is 3. The molecule has 0 radical (unpaired) electrons. The lowest BCUT2D eigenvalue weighted by molar-refractivity contribution is -0.00430. The highest BCUT2D eigenvalue weighted by molar-refractivity contribution is 6.03. The number of carbonyl (C=O) groups is 1. The van der Waals surface area contributed by atoms with Gasteiger partial charge in [0.15, 0.2) is 17.3 Å². The summed E-state index contributed by atoms with van der Waals surface area (Å²) in [4.78, 5) is 15.1. The van der Waals surface area contributed by atoms with Crippen LogP contribution in [0, 0.1) is 0 Å². The highest BCUT2D eigenvalue weighted by Crippen LogP contribution is 2.32. The van der Waals surface area contributed by atoms with Crippen LogP contribution in [0.5, 0.6) is 11.5 Å². The van der Waals surface area contributed by atoms with E-state index in [-0.39, 0.29) is 5.78 Å². The first-order valence-corrected chi connectivity index (χ1v) is 7.86. The van der Waals surface area contributed by atoms with E-state index in [1.54, 1.807) is 0 Å². The van der Waals surface area contributed by atoms with Crippen LogP contribution in [0.3, 0.4) is 0 Å². The molecule has 1 fully saturated rings. The molecule has 3 rings (SSSR count). The Morgan fingerprint density at radius 2 is 1.73 bits per heavy atom. The number of nitrogens with zero attached hydrogens (tertiary/aromatic N) is 1. The fourth-order valence-electron chi connectivity index (χ4n) is 2.92. The standard InChI is InChI=1S/C17H23NO4/c1-17(2,18-6-10-20-11-7-18)16(19)13-4-5-14-15(12-13)22-9-3-8-21-14/h4-5,12H,3,6-11H2,1-2H3. The highest BCUT2D eigenvalue weighted by Gasteiger charge is 2.36. The zero-order valence-corrected chi connectivity index (χ0v) is 13.3. The van der Waals surface area contributed by atoms with E-state index in [1.807, 2.05) is 32.0 Å². The Balaban J connectivity index is 1.83. The third kappa shape index (κ3) is 2.96. The van der Waals surface area contributed by atoms with Crippen molar-refractivity contribution >= 4 is 5.78 Å². The third-order valence-electron chi connectivity index (χ3n) is 4.37. The van der Waals surface area contributed by atoms with Gasteiger partial charge in [-0.3, -0.25) is 9.69 Å². The van der Waals surface area contributed by atoms with E-state index >= 15 is 0 Å². The van der Waals surface area contributed by atoms with Gasteiger partial charge in [0.1, 0.15) is 0 Å². The lowest BCUT2D eigenvalue weighted by Gasteiger charge is -2.39. The number of ketones is 1. The Kier molecular flexibility index (Phi) is 4.36. The van der Waals surface area contributed by atoms with Gasteiger partial charge in [0.25, 0.3) is 0 Å². The van der Waals surface area contributed by atoms with Gasteiger partial charge < -0.3 is 14.2 Å². The van der Waals surface area contributed by atoms with Gasteiger partial charge in [0.2, 0.25) is 0 Å². The van der Waals surface area contributed by atoms with Crippen molar-refractivity contribution in [3.05, 3.63) is 23.8 Å². The maximum absolute atomic E-state index is 13.0. The molecular formula is C17H23NO4. The quantitative estimate of drug-likeness (QED) is 0.801. The summed E-state index contributed by atoms with van der Waals surface area (Å²) in [6.45, 7) is 8.15. The van der Waals surface area contributed by atoms with Crippen LogP contribution in [0.15, 0.2) is 18.2 Å². The van der Waals surface area contributed by atoms with Crippen LogP contribution >= 0.6 is 0 Å². The molecule has 5 heteroatoms. The minimum Gasteiger partial charge on any atom is -0.490 e. The second kappa shape index (κ2) is 6.26. The van der Waals surface area contributed by atoms with E-state index in [9.17, 15) is 4.79 Å². The van der Waals surface area contributed by atoms with Crippen molar-refractivity contribution in [1.82, 2.24) is 4.90 Å². The first kappa shape index (κ1) is 15.3. The zero-order valence-electron chi connectivity index (χ0n) is 13.3. The number of Topliss-reactive ketones (excluding diaryl/α,β-unsaturated/α-hetero) is 1. The van der Waals surface area contributed by atoms with Crippen molar-refractivity contribution in [2.45, 2.75) is 25.8 Å². The lowest BCUT2D eigenvalue weighted by Crippen LogP contribution is -2.54. The summed E-state index contributed by atoms with van der Waals surface area (Å²) < 4.78 is 16.7. The fourth-order valence-corrected chi connectivity index (χ4v) is 2.92. The summed E-state index contributed by atoms with van der Waals surface area (Å²) in [6, 6.07) is 5.48. The van der Waals surface area contributed by atoms with Crippen molar-refractivity contribution in [3.63, 3.8) is 0 Å². The van der Waals surface area contributed by atoms with Gasteiger partial charge in [-0.05, 0) is 32.0 Å². The van der Waals surface area contributed by atoms with Gasteiger partial charge in [-0.2, -0.15) is 0 Å². The second-order valence-electron chi connectivity index (χ2n) is 6.20. The lowest BCUT2D eigenvalue weighted by atomic mass is 9.90. The van der Waals surface area contributed by atoms with E-state index in [4.69, 9.17) is 14.2 Å². The first-order valence-electron chi connectivity index (χ1n) is 7.86. The van der Waals surface area contributed by atoms with E-state index in [1.165, 1.54) is 0 Å². The SMILES string of the molecule is CC(C)(C(=O)c1ccc2c(c1)OCCCO2)N1CCOCC1. The molecule has 2 aliphatic heterocycles. The molecule has 1 aromatic rings. The Morgan fingerprint density at radius 1 is 1.05 bits per heavy atom. The number of hydrogen-bond acceptors (Lipinski definition) is 5. The largest absolute Gasteiger partial charge is 0.490 e. The molecule has 120 valence electrons. The van der Waals surface area contributed by atoms with E-state index in [0.29, 0.717) is 37.7 Å². The number of rotatable bonds is 3. The summed E-state index contributed by atoms with van der Waals surface area (Å²) in [7, 11) is 0. The van der Waals surface area contributed by atoms with Crippen LogP contribution in [0.2, 0.25) is 0 Å². The average Bonchev–Trinajstić information content (AvgIpc) is 2.79. The maximum atomic E-state index is 13.0. The average molecular weight is 305 g/mol. The smallest absolute Gasteiger partial charge is 0.182 e. The number of carbonyl (C=O) groups excluding carboxylic acids is 1. The molecule has 0 N–H and O–H groups in total.